The Morgan fingerprint density at radius 3 is 2.78 bits per heavy atom. The molecule has 0 saturated heterocycles. The quantitative estimate of drug-likeness (QED) is 0.270. The Morgan fingerprint density at radius 1 is 1.56 bits per heavy atom. The van der Waals surface area contributed by atoms with Gasteiger partial charge in [0.15, 0.2) is 0 Å². The van der Waals surface area contributed by atoms with Crippen LogP contribution in [0, 0.1) is 17.0 Å². The van der Waals surface area contributed by atoms with Crippen molar-refractivity contribution in [1.29, 1.82) is 0 Å². The number of aliphatic hydroxyl groups excluding tert-OH is 2. The number of nitro groups is 1. The number of azide groups is 1. The van der Waals surface area contributed by atoms with Crippen LogP contribution in [0.2, 0.25) is 0 Å². The molecular formula is C10H12N4O4. The summed E-state index contributed by atoms with van der Waals surface area (Å²) in [7, 11) is 0. The van der Waals surface area contributed by atoms with Crippen LogP contribution in [0.4, 0.5) is 5.69 Å². The molecule has 0 radical (unpaired) electrons. The Labute approximate surface area is 102 Å². The fraction of sp³-hybridized carbons (Fsp3) is 0.400. The first kappa shape index (κ1) is 13.9. The van der Waals surface area contributed by atoms with Gasteiger partial charge in [-0.05, 0) is 18.0 Å². The molecule has 0 heterocycles. The maximum Gasteiger partial charge on any atom is 0.272 e. The van der Waals surface area contributed by atoms with Crippen LogP contribution in [0.1, 0.15) is 17.2 Å². The standard InChI is InChI=1S/C10H12N4O4/c1-6-7(3-2-4-8(6)14(17)18)10(16)9(15)5-12-13-11/h2-4,9-10,15-16H,5H2,1H3. The van der Waals surface area contributed by atoms with E-state index in [2.05, 4.69) is 10.0 Å². The second-order valence-electron chi connectivity index (χ2n) is 3.67. The minimum Gasteiger partial charge on any atom is -0.390 e. The maximum absolute atomic E-state index is 10.7. The van der Waals surface area contributed by atoms with Gasteiger partial charge in [-0.25, -0.2) is 0 Å². The number of nitrogens with zero attached hydrogens (tertiary/aromatic N) is 4. The van der Waals surface area contributed by atoms with Gasteiger partial charge < -0.3 is 10.2 Å². The molecule has 0 aliphatic heterocycles. The molecule has 0 bridgehead atoms. The van der Waals surface area contributed by atoms with Crippen molar-refractivity contribution in [2.24, 2.45) is 5.11 Å². The van der Waals surface area contributed by atoms with Gasteiger partial charge in [0.2, 0.25) is 0 Å². The molecule has 96 valence electrons. The molecule has 1 rings (SSSR count). The van der Waals surface area contributed by atoms with Crippen molar-refractivity contribution >= 4 is 5.69 Å². The van der Waals surface area contributed by atoms with Crippen LogP contribution in [-0.2, 0) is 0 Å². The molecule has 0 aromatic heterocycles. The molecular weight excluding hydrogens is 240 g/mol. The monoisotopic (exact) mass is 252 g/mol. The Morgan fingerprint density at radius 2 is 2.22 bits per heavy atom. The zero-order chi connectivity index (χ0) is 13.7. The van der Waals surface area contributed by atoms with Crippen LogP contribution in [0.3, 0.4) is 0 Å². The fourth-order valence-corrected chi connectivity index (χ4v) is 1.59. The molecule has 8 nitrogen and oxygen atoms in total. The molecule has 0 aliphatic carbocycles. The van der Waals surface area contributed by atoms with Crippen molar-refractivity contribution in [3.05, 3.63) is 49.9 Å². The summed E-state index contributed by atoms with van der Waals surface area (Å²) in [5.74, 6) is 0. The summed E-state index contributed by atoms with van der Waals surface area (Å²) in [4.78, 5) is 12.6. The molecule has 0 aliphatic rings. The average Bonchev–Trinajstić information content (AvgIpc) is 2.35. The Kier molecular flexibility index (Phi) is 4.61. The maximum atomic E-state index is 10.7. The predicted octanol–water partition coefficient (Wildman–Crippen LogP) is 1.61. The lowest BCUT2D eigenvalue weighted by atomic mass is 9.98. The van der Waals surface area contributed by atoms with E-state index in [1.54, 1.807) is 0 Å². The number of benzene rings is 1. The van der Waals surface area contributed by atoms with Gasteiger partial charge in [0.1, 0.15) is 6.10 Å². The summed E-state index contributed by atoms with van der Waals surface area (Å²) >= 11 is 0. The van der Waals surface area contributed by atoms with Gasteiger partial charge in [-0.1, -0.05) is 17.2 Å². The van der Waals surface area contributed by atoms with Crippen LogP contribution in [0.5, 0.6) is 0 Å². The molecule has 8 heteroatoms. The lowest BCUT2D eigenvalue weighted by molar-refractivity contribution is -0.385. The zero-order valence-electron chi connectivity index (χ0n) is 9.59. The minimum absolute atomic E-state index is 0.137. The molecule has 0 amide bonds. The minimum atomic E-state index is -1.34. The van der Waals surface area contributed by atoms with Crippen molar-refractivity contribution in [2.45, 2.75) is 19.1 Å². The third-order valence-electron chi connectivity index (χ3n) is 2.56. The normalized spacial score (nSPS) is 13.5. The second-order valence-corrected chi connectivity index (χ2v) is 3.67. The molecule has 1 aromatic rings. The third kappa shape index (κ3) is 2.95. The van der Waals surface area contributed by atoms with Gasteiger partial charge in [-0.2, -0.15) is 0 Å². The number of rotatable bonds is 5. The number of hydrogen-bond acceptors (Lipinski definition) is 5. The lowest BCUT2D eigenvalue weighted by Crippen LogP contribution is -2.22. The van der Waals surface area contributed by atoms with Crippen LogP contribution < -0.4 is 0 Å². The van der Waals surface area contributed by atoms with Crippen LogP contribution in [-0.4, -0.2) is 27.8 Å². The average molecular weight is 252 g/mol. The highest BCUT2D eigenvalue weighted by molar-refractivity contribution is 5.45. The van der Waals surface area contributed by atoms with E-state index in [-0.39, 0.29) is 23.4 Å². The van der Waals surface area contributed by atoms with Crippen LogP contribution >= 0.6 is 0 Å². The van der Waals surface area contributed by atoms with Gasteiger partial charge in [-0.3, -0.25) is 10.1 Å². The van der Waals surface area contributed by atoms with Crippen molar-refractivity contribution in [3.8, 4) is 0 Å². The summed E-state index contributed by atoms with van der Waals surface area (Å²) in [6.07, 6.45) is -2.64. The molecule has 1 aromatic carbocycles. The molecule has 2 N–H and O–H groups in total. The molecule has 2 atom stereocenters. The summed E-state index contributed by atoms with van der Waals surface area (Å²) in [5.41, 5.74) is 8.49. The smallest absolute Gasteiger partial charge is 0.272 e. The Balaban J connectivity index is 3.05. The van der Waals surface area contributed by atoms with Gasteiger partial charge >= 0.3 is 0 Å². The first-order valence-corrected chi connectivity index (χ1v) is 5.10. The number of nitro benzene ring substituents is 1. The second kappa shape index (κ2) is 5.97. The highest BCUT2D eigenvalue weighted by Gasteiger charge is 2.23. The first-order chi connectivity index (χ1) is 8.49. The van der Waals surface area contributed by atoms with Gasteiger partial charge in [-0.15, -0.1) is 0 Å². The van der Waals surface area contributed by atoms with Crippen molar-refractivity contribution < 1.29 is 15.1 Å². The van der Waals surface area contributed by atoms with E-state index in [0.717, 1.165) is 0 Å². The number of aliphatic hydroxyl groups is 2. The first-order valence-electron chi connectivity index (χ1n) is 5.10. The Bertz CT molecular complexity index is 499. The highest BCUT2D eigenvalue weighted by Crippen LogP contribution is 2.27. The topological polar surface area (TPSA) is 132 Å². The summed E-state index contributed by atoms with van der Waals surface area (Å²) < 4.78 is 0. The third-order valence-corrected chi connectivity index (χ3v) is 2.56. The zero-order valence-corrected chi connectivity index (χ0v) is 9.59. The SMILES string of the molecule is Cc1c(C(O)C(O)CN=[N+]=[N-])cccc1[N+](=O)[O-]. The van der Waals surface area contributed by atoms with Crippen LogP contribution in [0.15, 0.2) is 23.3 Å². The van der Waals surface area contributed by atoms with E-state index in [1.165, 1.54) is 25.1 Å². The fourth-order valence-electron chi connectivity index (χ4n) is 1.59. The van der Waals surface area contributed by atoms with Crippen molar-refractivity contribution in [2.75, 3.05) is 6.54 Å². The van der Waals surface area contributed by atoms with E-state index < -0.39 is 17.1 Å². The van der Waals surface area contributed by atoms with Crippen molar-refractivity contribution in [1.82, 2.24) is 0 Å². The van der Waals surface area contributed by atoms with Gasteiger partial charge in [0.05, 0.1) is 17.6 Å². The summed E-state index contributed by atoms with van der Waals surface area (Å²) in [5, 5.41) is 33.3. The van der Waals surface area contributed by atoms with Crippen LogP contribution in [0.25, 0.3) is 10.4 Å². The summed E-state index contributed by atoms with van der Waals surface area (Å²) in [6, 6.07) is 4.21. The lowest BCUT2D eigenvalue weighted by Gasteiger charge is -2.18. The van der Waals surface area contributed by atoms with Crippen molar-refractivity contribution in [3.63, 3.8) is 0 Å². The largest absolute Gasteiger partial charge is 0.390 e. The predicted molar refractivity (Wildman–Crippen MR) is 62.8 cm³/mol. The summed E-state index contributed by atoms with van der Waals surface area (Å²) in [6.45, 7) is 1.18. The van der Waals surface area contributed by atoms with E-state index in [4.69, 9.17) is 5.53 Å². The van der Waals surface area contributed by atoms with E-state index >= 15 is 0 Å². The molecule has 0 fully saturated rings. The van der Waals surface area contributed by atoms with E-state index in [9.17, 15) is 20.3 Å². The van der Waals surface area contributed by atoms with Gasteiger partial charge in [0, 0.05) is 16.5 Å². The van der Waals surface area contributed by atoms with E-state index in [1.807, 2.05) is 0 Å². The van der Waals surface area contributed by atoms with E-state index in [0.29, 0.717) is 0 Å². The Hall–Kier alpha value is -2.15. The molecule has 2 unspecified atom stereocenters. The molecule has 0 saturated carbocycles. The molecule has 18 heavy (non-hydrogen) atoms. The van der Waals surface area contributed by atoms with Gasteiger partial charge in [0.25, 0.3) is 5.69 Å². The highest BCUT2D eigenvalue weighted by atomic mass is 16.6. The molecule has 0 spiro atoms. The number of hydrogen-bond donors (Lipinski definition) is 2.